The van der Waals surface area contributed by atoms with E-state index in [9.17, 15) is 4.79 Å². The van der Waals surface area contributed by atoms with Gasteiger partial charge in [-0.25, -0.2) is 9.78 Å². The summed E-state index contributed by atoms with van der Waals surface area (Å²) in [5, 5.41) is 12.7. The van der Waals surface area contributed by atoms with Gasteiger partial charge in [-0.15, -0.1) is 0 Å². The highest BCUT2D eigenvalue weighted by Gasteiger charge is 2.21. The predicted molar refractivity (Wildman–Crippen MR) is 79.6 cm³/mol. The second-order valence-electron chi connectivity index (χ2n) is 5.10. The summed E-state index contributed by atoms with van der Waals surface area (Å²) >= 11 is 5.85. The second-order valence-corrected chi connectivity index (χ2v) is 5.48. The molecule has 110 valence electrons. The van der Waals surface area contributed by atoms with Gasteiger partial charge in [0.15, 0.2) is 0 Å². The maximum absolute atomic E-state index is 11.2. The fraction of sp³-hybridized carbons (Fsp3) is 0.571. The lowest BCUT2D eigenvalue weighted by molar-refractivity contribution is 0.0697. The van der Waals surface area contributed by atoms with Gasteiger partial charge in [-0.2, -0.15) is 0 Å². The van der Waals surface area contributed by atoms with Crippen molar-refractivity contribution in [1.82, 2.24) is 9.88 Å². The van der Waals surface area contributed by atoms with E-state index in [2.05, 4.69) is 22.1 Å². The Morgan fingerprint density at radius 3 is 2.80 bits per heavy atom. The number of carboxylic acid groups (broad SMARTS) is 1. The zero-order chi connectivity index (χ0) is 14.5. The van der Waals surface area contributed by atoms with E-state index in [4.69, 9.17) is 16.7 Å². The van der Waals surface area contributed by atoms with Crippen molar-refractivity contribution in [3.05, 3.63) is 22.8 Å². The Balaban J connectivity index is 2.00. The number of likely N-dealkylation sites (tertiary alicyclic amines) is 1. The van der Waals surface area contributed by atoms with E-state index >= 15 is 0 Å². The maximum atomic E-state index is 11.2. The number of carboxylic acids is 1. The fourth-order valence-corrected chi connectivity index (χ4v) is 2.68. The Morgan fingerprint density at radius 1 is 1.50 bits per heavy atom. The Labute approximate surface area is 123 Å². The Morgan fingerprint density at radius 2 is 2.20 bits per heavy atom. The van der Waals surface area contributed by atoms with Gasteiger partial charge in [0.05, 0.1) is 0 Å². The molecule has 1 saturated heterocycles. The van der Waals surface area contributed by atoms with Gasteiger partial charge < -0.3 is 15.3 Å². The van der Waals surface area contributed by atoms with Crippen LogP contribution < -0.4 is 5.32 Å². The summed E-state index contributed by atoms with van der Waals surface area (Å²) in [5.41, 5.74) is 0.172. The highest BCUT2D eigenvalue weighted by atomic mass is 35.5. The van der Waals surface area contributed by atoms with Crippen LogP contribution >= 0.6 is 11.6 Å². The smallest absolute Gasteiger partial charge is 0.339 e. The van der Waals surface area contributed by atoms with Crippen LogP contribution in [0, 0.1) is 0 Å². The van der Waals surface area contributed by atoms with E-state index in [1.54, 1.807) is 0 Å². The number of rotatable bonds is 5. The molecular weight excluding hydrogens is 278 g/mol. The Bertz CT molecular complexity index is 473. The van der Waals surface area contributed by atoms with Crippen LogP contribution in [0.25, 0.3) is 0 Å². The van der Waals surface area contributed by atoms with Crippen molar-refractivity contribution in [2.45, 2.75) is 32.2 Å². The molecule has 0 amide bonds. The average molecular weight is 298 g/mol. The van der Waals surface area contributed by atoms with E-state index in [-0.39, 0.29) is 11.6 Å². The minimum Gasteiger partial charge on any atom is -0.478 e. The molecule has 0 aliphatic carbocycles. The molecule has 6 heteroatoms. The molecule has 2 heterocycles. The molecule has 1 fully saturated rings. The molecule has 0 radical (unpaired) electrons. The van der Waals surface area contributed by atoms with Gasteiger partial charge >= 0.3 is 5.97 Å². The van der Waals surface area contributed by atoms with Crippen molar-refractivity contribution < 1.29 is 9.90 Å². The molecule has 5 nitrogen and oxygen atoms in total. The second kappa shape index (κ2) is 6.90. The van der Waals surface area contributed by atoms with Gasteiger partial charge in [0, 0.05) is 19.1 Å². The minimum atomic E-state index is -0.986. The number of halogens is 1. The fourth-order valence-electron chi connectivity index (χ4n) is 2.53. The first-order valence-corrected chi connectivity index (χ1v) is 7.36. The standard InChI is InChI=1S/C14H20ClN3O2/c1-2-7-18-8-5-10(6-9-18)16-13-11(14(19)20)3-4-12(15)17-13/h3-4,10H,2,5-9H2,1H3,(H,16,17)(H,19,20). The van der Waals surface area contributed by atoms with Crippen LogP contribution in [0.5, 0.6) is 0 Å². The molecule has 1 aromatic rings. The highest BCUT2D eigenvalue weighted by molar-refractivity contribution is 6.29. The van der Waals surface area contributed by atoms with Gasteiger partial charge in [0.25, 0.3) is 0 Å². The molecule has 1 aromatic heterocycles. The van der Waals surface area contributed by atoms with Crippen molar-refractivity contribution >= 4 is 23.4 Å². The van der Waals surface area contributed by atoms with Crippen LogP contribution in [-0.2, 0) is 0 Å². The van der Waals surface area contributed by atoms with Crippen molar-refractivity contribution in [1.29, 1.82) is 0 Å². The normalized spacial score (nSPS) is 17.1. The van der Waals surface area contributed by atoms with Gasteiger partial charge in [0.1, 0.15) is 16.5 Å². The summed E-state index contributed by atoms with van der Waals surface area (Å²) in [6, 6.07) is 3.25. The van der Waals surface area contributed by atoms with Gasteiger partial charge in [0.2, 0.25) is 0 Å². The van der Waals surface area contributed by atoms with Crippen LogP contribution in [0.15, 0.2) is 12.1 Å². The lowest BCUT2D eigenvalue weighted by Crippen LogP contribution is -2.39. The van der Waals surface area contributed by atoms with E-state index in [1.807, 2.05) is 0 Å². The number of pyridine rings is 1. The number of aromatic carboxylic acids is 1. The third-order valence-corrected chi connectivity index (χ3v) is 3.77. The SMILES string of the molecule is CCCN1CCC(Nc2nc(Cl)ccc2C(=O)O)CC1. The van der Waals surface area contributed by atoms with E-state index in [1.165, 1.54) is 12.1 Å². The lowest BCUT2D eigenvalue weighted by atomic mass is 10.0. The zero-order valence-electron chi connectivity index (χ0n) is 11.6. The molecule has 0 unspecified atom stereocenters. The summed E-state index contributed by atoms with van der Waals surface area (Å²) in [6.07, 6.45) is 3.15. The number of nitrogens with zero attached hydrogens (tertiary/aromatic N) is 2. The van der Waals surface area contributed by atoms with Crippen molar-refractivity contribution in [2.24, 2.45) is 0 Å². The Hall–Kier alpha value is -1.33. The van der Waals surface area contributed by atoms with Crippen molar-refractivity contribution in [3.8, 4) is 0 Å². The van der Waals surface area contributed by atoms with E-state index in [0.29, 0.717) is 11.0 Å². The zero-order valence-corrected chi connectivity index (χ0v) is 12.4. The summed E-state index contributed by atoms with van der Waals surface area (Å²) in [7, 11) is 0. The third-order valence-electron chi connectivity index (χ3n) is 3.56. The molecule has 1 aliphatic heterocycles. The van der Waals surface area contributed by atoms with Crippen LogP contribution in [0.2, 0.25) is 5.15 Å². The first kappa shape index (κ1) is 15.1. The predicted octanol–water partition coefficient (Wildman–Crippen LogP) is 2.72. The molecule has 0 atom stereocenters. The molecule has 20 heavy (non-hydrogen) atoms. The molecule has 1 aliphatic rings. The molecular formula is C14H20ClN3O2. The lowest BCUT2D eigenvalue weighted by Gasteiger charge is -2.32. The summed E-state index contributed by atoms with van der Waals surface area (Å²) in [4.78, 5) is 17.7. The molecule has 0 aromatic carbocycles. The molecule has 0 spiro atoms. The van der Waals surface area contributed by atoms with Crippen molar-refractivity contribution in [2.75, 3.05) is 25.0 Å². The van der Waals surface area contributed by atoms with Crippen molar-refractivity contribution in [3.63, 3.8) is 0 Å². The van der Waals surface area contributed by atoms with E-state index in [0.717, 1.165) is 38.9 Å². The van der Waals surface area contributed by atoms with Gasteiger partial charge in [-0.3, -0.25) is 0 Å². The monoisotopic (exact) mass is 297 g/mol. The van der Waals surface area contributed by atoms with Crippen LogP contribution in [0.3, 0.4) is 0 Å². The van der Waals surface area contributed by atoms with Gasteiger partial charge in [-0.05, 0) is 37.9 Å². The number of aromatic nitrogens is 1. The topological polar surface area (TPSA) is 65.5 Å². The maximum Gasteiger partial charge on any atom is 0.339 e. The van der Waals surface area contributed by atoms with Crippen LogP contribution in [0.4, 0.5) is 5.82 Å². The largest absolute Gasteiger partial charge is 0.478 e. The number of carbonyl (C=O) groups is 1. The summed E-state index contributed by atoms with van der Waals surface area (Å²) in [5.74, 6) is -0.612. The van der Waals surface area contributed by atoms with Crippen LogP contribution in [0.1, 0.15) is 36.5 Å². The number of hydrogen-bond donors (Lipinski definition) is 2. The van der Waals surface area contributed by atoms with Crippen LogP contribution in [-0.4, -0.2) is 46.6 Å². The number of nitrogens with one attached hydrogen (secondary N) is 1. The number of anilines is 1. The Kier molecular flexibility index (Phi) is 5.20. The minimum absolute atomic E-state index is 0.172. The third kappa shape index (κ3) is 3.84. The average Bonchev–Trinajstić information content (AvgIpc) is 2.41. The van der Waals surface area contributed by atoms with E-state index < -0.39 is 5.97 Å². The summed E-state index contributed by atoms with van der Waals surface area (Å²) in [6.45, 7) is 5.38. The molecule has 0 saturated carbocycles. The van der Waals surface area contributed by atoms with Gasteiger partial charge in [-0.1, -0.05) is 18.5 Å². The summed E-state index contributed by atoms with van der Waals surface area (Å²) < 4.78 is 0. The molecule has 2 rings (SSSR count). The first-order valence-electron chi connectivity index (χ1n) is 6.99. The molecule has 2 N–H and O–H groups in total. The highest BCUT2D eigenvalue weighted by Crippen LogP contribution is 2.21. The number of piperidine rings is 1. The quantitative estimate of drug-likeness (QED) is 0.818. The number of hydrogen-bond acceptors (Lipinski definition) is 4. The first-order chi connectivity index (χ1) is 9.60. The molecule has 0 bridgehead atoms.